The normalized spacial score (nSPS) is 11.5. The molecule has 0 spiro atoms. The molecule has 0 aliphatic carbocycles. The van der Waals surface area contributed by atoms with Gasteiger partial charge in [-0.2, -0.15) is 5.10 Å². The summed E-state index contributed by atoms with van der Waals surface area (Å²) in [5.74, 6) is 0.218. The van der Waals surface area contributed by atoms with Gasteiger partial charge in [-0.1, -0.05) is 56.0 Å². The maximum Gasteiger partial charge on any atom is 0.181 e. The molecule has 0 unspecified atom stereocenters. The molecule has 7 nitrogen and oxygen atoms in total. The molecule has 2 N–H and O–H groups in total. The van der Waals surface area contributed by atoms with Crippen molar-refractivity contribution in [3.05, 3.63) is 94.6 Å². The van der Waals surface area contributed by atoms with Gasteiger partial charge in [-0.05, 0) is 37.5 Å². The minimum absolute atomic E-state index is 0.0257. The number of nitrogens with one attached hydrogen (secondary N) is 2. The molecule has 37 heavy (non-hydrogen) atoms. The largest absolute Gasteiger partial charge is 0.381 e. The summed E-state index contributed by atoms with van der Waals surface area (Å²) in [7, 11) is 1.77. The summed E-state index contributed by atoms with van der Waals surface area (Å²) >= 11 is 0. The van der Waals surface area contributed by atoms with Crippen molar-refractivity contribution in [2.45, 2.75) is 33.7 Å². The van der Waals surface area contributed by atoms with Gasteiger partial charge in [0.15, 0.2) is 11.6 Å². The van der Waals surface area contributed by atoms with Crippen LogP contribution in [0.2, 0.25) is 0 Å². The van der Waals surface area contributed by atoms with Gasteiger partial charge in [-0.15, -0.1) is 0 Å². The lowest BCUT2D eigenvalue weighted by Crippen LogP contribution is -2.16. The highest BCUT2D eigenvalue weighted by Crippen LogP contribution is 2.35. The number of aldehydes is 1. The molecule has 0 bridgehead atoms. The predicted molar refractivity (Wildman–Crippen MR) is 147 cm³/mol. The van der Waals surface area contributed by atoms with Crippen molar-refractivity contribution in [2.75, 3.05) is 11.9 Å². The first-order valence-electron chi connectivity index (χ1n) is 12.1. The van der Waals surface area contributed by atoms with Gasteiger partial charge in [0.05, 0.1) is 6.54 Å². The molecular weight excluding hydrogens is 469 g/mol. The van der Waals surface area contributed by atoms with Crippen LogP contribution in [0.3, 0.4) is 0 Å². The molecule has 192 valence electrons. The Morgan fingerprint density at radius 1 is 1.22 bits per heavy atom. The third kappa shape index (κ3) is 6.67. The van der Waals surface area contributed by atoms with Crippen LogP contribution in [0.4, 0.5) is 15.9 Å². The van der Waals surface area contributed by atoms with Crippen molar-refractivity contribution in [2.24, 2.45) is 12.0 Å². The summed E-state index contributed by atoms with van der Waals surface area (Å²) in [4.78, 5) is 28.1. The number of allylic oxidation sites excluding steroid dienone is 2. The van der Waals surface area contributed by atoms with Crippen molar-refractivity contribution in [3.8, 4) is 0 Å². The summed E-state index contributed by atoms with van der Waals surface area (Å²) in [5, 5.41) is 11.2. The molecule has 3 rings (SSSR count). The lowest BCUT2D eigenvalue weighted by Gasteiger charge is -2.14. The van der Waals surface area contributed by atoms with Crippen molar-refractivity contribution >= 4 is 35.4 Å². The quantitative estimate of drug-likeness (QED) is 0.142. The number of ketones is 1. The molecular formula is C29H32FN5O2. The molecule has 0 amide bonds. The third-order valence-electron chi connectivity index (χ3n) is 5.79. The van der Waals surface area contributed by atoms with Crippen LogP contribution in [-0.4, -0.2) is 34.6 Å². The number of halogens is 1. The Bertz CT molecular complexity index is 1350. The fourth-order valence-electron chi connectivity index (χ4n) is 3.83. The summed E-state index contributed by atoms with van der Waals surface area (Å²) < 4.78 is 15.3. The second-order valence-electron chi connectivity index (χ2n) is 8.52. The molecule has 0 saturated heterocycles. The summed E-state index contributed by atoms with van der Waals surface area (Å²) in [6.45, 7) is 10.4. The topological polar surface area (TPSA) is 88.4 Å². The van der Waals surface area contributed by atoms with E-state index >= 15 is 0 Å². The summed E-state index contributed by atoms with van der Waals surface area (Å²) in [6.07, 6.45) is 5.19. The Morgan fingerprint density at radius 3 is 2.57 bits per heavy atom. The van der Waals surface area contributed by atoms with E-state index in [2.05, 4.69) is 27.3 Å². The SMILES string of the molecule is C=C(/C(=C/CC)NCc1ccc(F)c(C)c1)c1nn(C)c(NCC(=O)c2ccc(C=O)cc2)c1N=CC. The van der Waals surface area contributed by atoms with Crippen molar-refractivity contribution < 1.29 is 14.0 Å². The van der Waals surface area contributed by atoms with E-state index in [1.165, 1.54) is 6.07 Å². The molecule has 1 heterocycles. The number of rotatable bonds is 12. The van der Waals surface area contributed by atoms with Crippen LogP contribution in [-0.2, 0) is 13.6 Å². The van der Waals surface area contributed by atoms with Gasteiger partial charge in [0.25, 0.3) is 0 Å². The van der Waals surface area contributed by atoms with E-state index in [0.717, 1.165) is 24.0 Å². The second-order valence-corrected chi connectivity index (χ2v) is 8.52. The average Bonchev–Trinajstić information content (AvgIpc) is 3.21. The average molecular weight is 502 g/mol. The first-order chi connectivity index (χ1) is 17.8. The Labute approximate surface area is 216 Å². The van der Waals surface area contributed by atoms with Crippen LogP contribution in [0.25, 0.3) is 5.57 Å². The maximum atomic E-state index is 13.7. The lowest BCUT2D eigenvalue weighted by atomic mass is 10.1. The number of aliphatic imine (C=N–C) groups is 1. The van der Waals surface area contributed by atoms with Crippen LogP contribution in [0.5, 0.6) is 0 Å². The first kappa shape index (κ1) is 27.3. The lowest BCUT2D eigenvalue weighted by molar-refractivity contribution is 0.100. The number of nitrogens with zero attached hydrogens (tertiary/aromatic N) is 3. The number of aromatic nitrogens is 2. The minimum Gasteiger partial charge on any atom is -0.381 e. The highest BCUT2D eigenvalue weighted by Gasteiger charge is 2.21. The third-order valence-corrected chi connectivity index (χ3v) is 5.79. The van der Waals surface area contributed by atoms with E-state index in [-0.39, 0.29) is 18.1 Å². The molecule has 0 aliphatic rings. The number of hydrogen-bond acceptors (Lipinski definition) is 6. The molecule has 8 heteroatoms. The molecule has 0 saturated carbocycles. The van der Waals surface area contributed by atoms with Crippen LogP contribution in [0.15, 0.2) is 65.8 Å². The summed E-state index contributed by atoms with van der Waals surface area (Å²) in [6, 6.07) is 11.5. The van der Waals surface area contributed by atoms with E-state index in [1.807, 2.05) is 19.1 Å². The smallest absolute Gasteiger partial charge is 0.181 e. The zero-order chi connectivity index (χ0) is 26.9. The van der Waals surface area contributed by atoms with Crippen LogP contribution < -0.4 is 10.6 Å². The Morgan fingerprint density at radius 2 is 1.95 bits per heavy atom. The summed E-state index contributed by atoms with van der Waals surface area (Å²) in [5.41, 5.74) is 5.15. The first-order valence-corrected chi connectivity index (χ1v) is 12.1. The fraction of sp³-hybridized carbons (Fsp3) is 0.241. The van der Waals surface area contributed by atoms with Crippen molar-refractivity contribution in [3.63, 3.8) is 0 Å². The number of benzene rings is 2. The van der Waals surface area contributed by atoms with Gasteiger partial charge >= 0.3 is 0 Å². The highest BCUT2D eigenvalue weighted by atomic mass is 19.1. The molecule has 3 aromatic rings. The number of Topliss-reactive ketones (excluding diaryl/α,β-unsaturated/α-hetero) is 1. The monoisotopic (exact) mass is 501 g/mol. The highest BCUT2D eigenvalue weighted by molar-refractivity contribution is 6.00. The van der Waals surface area contributed by atoms with E-state index in [4.69, 9.17) is 0 Å². The number of anilines is 1. The molecule has 0 fully saturated rings. The molecule has 0 atom stereocenters. The minimum atomic E-state index is -0.232. The van der Waals surface area contributed by atoms with Crippen molar-refractivity contribution in [1.29, 1.82) is 0 Å². The maximum absolute atomic E-state index is 13.7. The Hall–Kier alpha value is -4.33. The Kier molecular flexibility index (Phi) is 9.27. The predicted octanol–water partition coefficient (Wildman–Crippen LogP) is 5.79. The fourth-order valence-corrected chi connectivity index (χ4v) is 3.83. The van der Waals surface area contributed by atoms with Crippen LogP contribution >= 0.6 is 0 Å². The zero-order valence-electron chi connectivity index (χ0n) is 21.6. The molecule has 0 radical (unpaired) electrons. The van der Waals surface area contributed by atoms with Gasteiger partial charge in [-0.3, -0.25) is 19.3 Å². The molecule has 2 aromatic carbocycles. The second kappa shape index (κ2) is 12.6. The van der Waals surface area contributed by atoms with Gasteiger partial charge < -0.3 is 10.6 Å². The van der Waals surface area contributed by atoms with Crippen LogP contribution in [0, 0.1) is 12.7 Å². The van der Waals surface area contributed by atoms with E-state index in [9.17, 15) is 14.0 Å². The van der Waals surface area contributed by atoms with Gasteiger partial charge in [0.1, 0.15) is 23.5 Å². The standard InChI is InChI=1S/C29H32FN5O2/c1-6-8-25(32-16-22-11-14-24(30)19(3)15-22)20(4)27-28(31-7-2)29(35(5)34-27)33-17-26(37)23-12-9-21(18-36)10-13-23/h7-15,18,32-33H,4,6,16-17H2,1-3,5H3/b25-8-,31-7?. The van der Waals surface area contributed by atoms with Gasteiger partial charge in [0, 0.05) is 42.2 Å². The number of aryl methyl sites for hydroxylation is 2. The van der Waals surface area contributed by atoms with Crippen molar-refractivity contribution in [1.82, 2.24) is 15.1 Å². The zero-order valence-corrected chi connectivity index (χ0v) is 21.6. The van der Waals surface area contributed by atoms with Crippen LogP contribution in [0.1, 0.15) is 57.8 Å². The number of hydrogen-bond donors (Lipinski definition) is 2. The number of carbonyl (C=O) groups excluding carboxylic acids is 2. The number of carbonyl (C=O) groups is 2. The molecule has 1 aromatic heterocycles. The van der Waals surface area contributed by atoms with E-state index in [0.29, 0.717) is 46.0 Å². The van der Waals surface area contributed by atoms with E-state index < -0.39 is 0 Å². The molecule has 0 aliphatic heterocycles. The Balaban J connectivity index is 1.82. The van der Waals surface area contributed by atoms with Gasteiger partial charge in [0.2, 0.25) is 0 Å². The van der Waals surface area contributed by atoms with E-state index in [1.54, 1.807) is 62.1 Å². The van der Waals surface area contributed by atoms with Gasteiger partial charge in [-0.25, -0.2) is 4.39 Å².